The molecule has 0 spiro atoms. The van der Waals surface area contributed by atoms with E-state index in [2.05, 4.69) is 47.8 Å². The summed E-state index contributed by atoms with van der Waals surface area (Å²) in [7, 11) is 0. The van der Waals surface area contributed by atoms with E-state index in [0.29, 0.717) is 6.54 Å². The predicted octanol–water partition coefficient (Wildman–Crippen LogP) is 5.12. The summed E-state index contributed by atoms with van der Waals surface area (Å²) in [4.78, 5) is 12.3. The van der Waals surface area contributed by atoms with Gasteiger partial charge in [-0.1, -0.05) is 60.2 Å². The molecule has 0 radical (unpaired) electrons. The van der Waals surface area contributed by atoms with Gasteiger partial charge in [0.15, 0.2) is 0 Å². The van der Waals surface area contributed by atoms with Crippen LogP contribution in [0.15, 0.2) is 60.7 Å². The monoisotopic (exact) mass is 349 g/mol. The normalized spacial score (nSPS) is 10.8. The quantitative estimate of drug-likeness (QED) is 0.626. The summed E-state index contributed by atoms with van der Waals surface area (Å²) in [6.07, 6.45) is 0. The number of thioether (sulfide) groups is 1. The number of rotatable bonds is 6. The third-order valence-electron chi connectivity index (χ3n) is 4.31. The fourth-order valence-corrected chi connectivity index (χ4v) is 3.78. The summed E-state index contributed by atoms with van der Waals surface area (Å²) < 4.78 is 0. The Hall–Kier alpha value is -2.26. The molecule has 0 atom stereocenters. The maximum absolute atomic E-state index is 12.3. The van der Waals surface area contributed by atoms with Gasteiger partial charge in [-0.15, -0.1) is 0 Å². The number of aryl methyl sites for hydroxylation is 2. The van der Waals surface area contributed by atoms with Crippen molar-refractivity contribution in [3.63, 3.8) is 0 Å². The first-order valence-corrected chi connectivity index (χ1v) is 9.70. The van der Waals surface area contributed by atoms with Gasteiger partial charge in [-0.05, 0) is 41.8 Å². The zero-order valence-electron chi connectivity index (χ0n) is 14.7. The van der Waals surface area contributed by atoms with Crippen molar-refractivity contribution < 1.29 is 4.79 Å². The second-order valence-electron chi connectivity index (χ2n) is 6.27. The molecule has 1 amide bonds. The van der Waals surface area contributed by atoms with Gasteiger partial charge >= 0.3 is 0 Å². The molecule has 0 aliphatic carbocycles. The molecule has 3 aromatic carbocycles. The Morgan fingerprint density at radius 2 is 1.80 bits per heavy atom. The Morgan fingerprint density at radius 3 is 2.68 bits per heavy atom. The number of hydrogen-bond acceptors (Lipinski definition) is 2. The second kappa shape index (κ2) is 8.21. The summed E-state index contributed by atoms with van der Waals surface area (Å²) >= 11 is 1.85. The van der Waals surface area contributed by atoms with Crippen molar-refractivity contribution in [3.8, 4) is 0 Å². The van der Waals surface area contributed by atoms with Crippen molar-refractivity contribution in [2.24, 2.45) is 0 Å². The SMILES string of the molecule is Cc1ccc(C)c(C(=O)NCCSCc2cccc3ccccc23)c1. The van der Waals surface area contributed by atoms with Crippen molar-refractivity contribution in [1.29, 1.82) is 0 Å². The van der Waals surface area contributed by atoms with E-state index in [-0.39, 0.29) is 5.91 Å². The number of carbonyl (C=O) groups excluding carboxylic acids is 1. The minimum absolute atomic E-state index is 0.0203. The van der Waals surface area contributed by atoms with E-state index in [9.17, 15) is 4.79 Å². The molecule has 3 rings (SSSR count). The zero-order chi connectivity index (χ0) is 17.6. The minimum atomic E-state index is 0.0203. The molecular formula is C22H23NOS. The molecule has 0 fully saturated rings. The molecule has 2 nitrogen and oxygen atoms in total. The van der Waals surface area contributed by atoms with Crippen molar-refractivity contribution >= 4 is 28.4 Å². The lowest BCUT2D eigenvalue weighted by Gasteiger charge is -2.09. The van der Waals surface area contributed by atoms with E-state index in [1.165, 1.54) is 16.3 Å². The van der Waals surface area contributed by atoms with Crippen LogP contribution in [0.3, 0.4) is 0 Å². The second-order valence-corrected chi connectivity index (χ2v) is 7.37. The number of hydrogen-bond donors (Lipinski definition) is 1. The summed E-state index contributed by atoms with van der Waals surface area (Å²) in [5.41, 5.74) is 4.26. The van der Waals surface area contributed by atoms with E-state index in [0.717, 1.165) is 28.2 Å². The number of amides is 1. The molecule has 0 heterocycles. The van der Waals surface area contributed by atoms with Gasteiger partial charge in [-0.2, -0.15) is 11.8 Å². The van der Waals surface area contributed by atoms with Crippen LogP contribution in [0.5, 0.6) is 0 Å². The maximum atomic E-state index is 12.3. The fraction of sp³-hybridized carbons (Fsp3) is 0.227. The molecule has 0 unspecified atom stereocenters. The van der Waals surface area contributed by atoms with Crippen LogP contribution in [-0.4, -0.2) is 18.2 Å². The van der Waals surface area contributed by atoms with Crippen LogP contribution in [0.2, 0.25) is 0 Å². The minimum Gasteiger partial charge on any atom is -0.351 e. The Kier molecular flexibility index (Phi) is 5.77. The first kappa shape index (κ1) is 17.6. The highest BCUT2D eigenvalue weighted by Crippen LogP contribution is 2.22. The first-order valence-electron chi connectivity index (χ1n) is 8.55. The van der Waals surface area contributed by atoms with Gasteiger partial charge in [-0.25, -0.2) is 0 Å². The topological polar surface area (TPSA) is 29.1 Å². The van der Waals surface area contributed by atoms with E-state index < -0.39 is 0 Å². The lowest BCUT2D eigenvalue weighted by atomic mass is 10.1. The summed E-state index contributed by atoms with van der Waals surface area (Å²) in [6.45, 7) is 4.67. The van der Waals surface area contributed by atoms with E-state index in [1.807, 2.05) is 43.8 Å². The van der Waals surface area contributed by atoms with Gasteiger partial charge in [0.05, 0.1) is 0 Å². The van der Waals surface area contributed by atoms with Crippen molar-refractivity contribution in [2.45, 2.75) is 19.6 Å². The molecule has 128 valence electrons. The molecule has 1 N–H and O–H groups in total. The highest BCUT2D eigenvalue weighted by Gasteiger charge is 2.08. The molecule has 0 aromatic heterocycles. The Labute approximate surface area is 153 Å². The number of nitrogens with one attached hydrogen (secondary N) is 1. The van der Waals surface area contributed by atoms with Crippen LogP contribution < -0.4 is 5.32 Å². The lowest BCUT2D eigenvalue weighted by Crippen LogP contribution is -2.26. The summed E-state index contributed by atoms with van der Waals surface area (Å²) in [5.74, 6) is 1.88. The molecule has 3 aromatic rings. The molecule has 0 aliphatic rings. The summed E-state index contributed by atoms with van der Waals surface area (Å²) in [6, 6.07) is 20.9. The van der Waals surface area contributed by atoms with Crippen molar-refractivity contribution in [1.82, 2.24) is 5.32 Å². The largest absolute Gasteiger partial charge is 0.351 e. The Balaban J connectivity index is 1.50. The van der Waals surface area contributed by atoms with Crippen LogP contribution in [0.1, 0.15) is 27.0 Å². The predicted molar refractivity (Wildman–Crippen MR) is 108 cm³/mol. The van der Waals surface area contributed by atoms with E-state index in [1.54, 1.807) is 0 Å². The van der Waals surface area contributed by atoms with Crippen LogP contribution >= 0.6 is 11.8 Å². The lowest BCUT2D eigenvalue weighted by molar-refractivity contribution is 0.0955. The zero-order valence-corrected chi connectivity index (χ0v) is 15.5. The highest BCUT2D eigenvalue weighted by atomic mass is 32.2. The Morgan fingerprint density at radius 1 is 1.00 bits per heavy atom. The van der Waals surface area contributed by atoms with E-state index in [4.69, 9.17) is 0 Å². The van der Waals surface area contributed by atoms with Gasteiger partial charge in [0, 0.05) is 23.6 Å². The molecular weight excluding hydrogens is 326 g/mol. The maximum Gasteiger partial charge on any atom is 0.251 e. The summed E-state index contributed by atoms with van der Waals surface area (Å²) in [5, 5.41) is 5.63. The first-order chi connectivity index (χ1) is 12.1. The average Bonchev–Trinajstić information content (AvgIpc) is 2.63. The molecule has 3 heteroatoms. The molecule has 0 saturated heterocycles. The van der Waals surface area contributed by atoms with Gasteiger partial charge in [0.2, 0.25) is 0 Å². The van der Waals surface area contributed by atoms with E-state index >= 15 is 0 Å². The van der Waals surface area contributed by atoms with Crippen molar-refractivity contribution in [2.75, 3.05) is 12.3 Å². The van der Waals surface area contributed by atoms with Gasteiger partial charge < -0.3 is 5.32 Å². The van der Waals surface area contributed by atoms with Crippen LogP contribution in [0.4, 0.5) is 0 Å². The number of fused-ring (bicyclic) bond motifs is 1. The highest BCUT2D eigenvalue weighted by molar-refractivity contribution is 7.98. The number of benzene rings is 3. The number of carbonyl (C=O) groups is 1. The molecule has 0 aliphatic heterocycles. The van der Waals surface area contributed by atoms with Crippen LogP contribution in [0, 0.1) is 13.8 Å². The Bertz CT molecular complexity index is 883. The molecule has 25 heavy (non-hydrogen) atoms. The van der Waals surface area contributed by atoms with Crippen LogP contribution in [0.25, 0.3) is 10.8 Å². The average molecular weight is 349 g/mol. The molecule has 0 bridgehead atoms. The van der Waals surface area contributed by atoms with Gasteiger partial charge in [0.1, 0.15) is 0 Å². The van der Waals surface area contributed by atoms with Crippen LogP contribution in [-0.2, 0) is 5.75 Å². The third-order valence-corrected chi connectivity index (χ3v) is 5.32. The third kappa shape index (κ3) is 4.43. The fourth-order valence-electron chi connectivity index (χ4n) is 2.91. The molecule has 0 saturated carbocycles. The van der Waals surface area contributed by atoms with Gasteiger partial charge in [-0.3, -0.25) is 4.79 Å². The van der Waals surface area contributed by atoms with Crippen molar-refractivity contribution in [3.05, 3.63) is 82.9 Å². The van der Waals surface area contributed by atoms with Gasteiger partial charge in [0.25, 0.3) is 5.91 Å². The standard InChI is InChI=1S/C22H23NOS/c1-16-10-11-17(2)21(14-16)22(24)23-12-13-25-15-19-8-5-7-18-6-3-4-9-20(18)19/h3-11,14H,12-13,15H2,1-2H3,(H,23,24). The smallest absolute Gasteiger partial charge is 0.251 e.